The number of nitrogens with zero attached hydrogens (tertiary/aromatic N) is 1. The molecule has 16 heavy (non-hydrogen) atoms. The number of rotatable bonds is 0. The Morgan fingerprint density at radius 1 is 1.19 bits per heavy atom. The van der Waals surface area contributed by atoms with Gasteiger partial charge in [0.05, 0.1) is 0 Å². The molecule has 1 radical (unpaired) electrons. The van der Waals surface area contributed by atoms with Gasteiger partial charge in [-0.15, -0.1) is 0 Å². The first-order valence-corrected chi connectivity index (χ1v) is 5.33. The maximum atomic E-state index is 3.73. The Labute approximate surface area is 129 Å². The van der Waals surface area contributed by atoms with Crippen molar-refractivity contribution in [1.29, 1.82) is 0 Å². The van der Waals surface area contributed by atoms with Crippen LogP contribution in [0.5, 0.6) is 0 Å². The summed E-state index contributed by atoms with van der Waals surface area (Å²) in [5.74, 6) is 0. The second-order valence-electron chi connectivity index (χ2n) is 2.24. The molecule has 0 aliphatic rings. The summed E-state index contributed by atoms with van der Waals surface area (Å²) in [4.78, 5) is 3.73. The summed E-state index contributed by atoms with van der Waals surface area (Å²) in [6.45, 7) is 12.2. The molecular weight excluding hydrogens is 271 g/mol. The monoisotopic (exact) mass is 300 g/mol. The van der Waals surface area contributed by atoms with E-state index in [0.717, 1.165) is 0 Å². The van der Waals surface area contributed by atoms with E-state index in [2.05, 4.69) is 24.9 Å². The molecule has 0 spiro atoms. The van der Waals surface area contributed by atoms with E-state index >= 15 is 0 Å². The van der Waals surface area contributed by atoms with E-state index < -0.39 is 0 Å². The third kappa shape index (κ3) is 64.0. The van der Waals surface area contributed by atoms with Crippen LogP contribution in [0.1, 0.15) is 55.4 Å². The predicted molar refractivity (Wildman–Crippen MR) is 72.8 cm³/mol. The first-order chi connectivity index (χ1) is 6.83. The predicted octanol–water partition coefficient (Wildman–Crippen LogP) is 5.19. The number of hydrogen-bond donors (Lipinski definition) is 0. The third-order valence-electron chi connectivity index (χ3n) is 0.514. The Bertz CT molecular complexity index is 103. The Morgan fingerprint density at radius 3 is 1.62 bits per heavy atom. The molecule has 1 aromatic rings. The smallest absolute Gasteiger partial charge is 0 e. The van der Waals surface area contributed by atoms with E-state index in [0.29, 0.717) is 0 Å². The van der Waals surface area contributed by atoms with Crippen LogP contribution >= 0.6 is 0 Å². The molecule has 0 bridgehead atoms. The fourth-order valence-corrected chi connectivity index (χ4v) is 0.277. The number of hydrogen-bond acceptors (Lipinski definition) is 1. The Morgan fingerprint density at radius 2 is 1.56 bits per heavy atom. The van der Waals surface area contributed by atoms with Gasteiger partial charge in [-0.3, -0.25) is 0 Å². The minimum absolute atomic E-state index is 0. The largest absolute Gasteiger partial charge is 0.335 e. The molecule has 1 heterocycles. The summed E-state index contributed by atoms with van der Waals surface area (Å²) >= 11 is 0. The van der Waals surface area contributed by atoms with Crippen molar-refractivity contribution in [3.63, 3.8) is 0 Å². The van der Waals surface area contributed by atoms with Crippen LogP contribution in [0, 0.1) is 12.5 Å². The molecule has 0 atom stereocenters. The van der Waals surface area contributed by atoms with Crippen LogP contribution < -0.4 is 0 Å². The van der Waals surface area contributed by atoms with Gasteiger partial charge >= 0.3 is 0 Å². The minimum Gasteiger partial charge on any atom is -0.335 e. The van der Waals surface area contributed by atoms with Gasteiger partial charge in [-0.2, -0.15) is 19.9 Å². The van der Waals surface area contributed by atoms with E-state index in [-0.39, 0.29) is 40.1 Å². The Hall–Kier alpha value is 0.254. The molecular formula is C14H29NY-2. The first-order valence-electron chi connectivity index (χ1n) is 5.33. The third-order valence-corrected chi connectivity index (χ3v) is 0.514. The summed E-state index contributed by atoms with van der Waals surface area (Å²) in [7, 11) is 0. The van der Waals surface area contributed by atoms with Crippen molar-refractivity contribution >= 4 is 0 Å². The molecule has 0 saturated heterocycles. The molecule has 0 unspecified atom stereocenters. The zero-order valence-corrected chi connectivity index (χ0v) is 14.0. The molecule has 0 N–H and O–H groups in total. The average Bonchev–Trinajstić information content (AvgIpc) is 2.26. The van der Waals surface area contributed by atoms with Gasteiger partial charge in [-0.05, 0) is 0 Å². The van der Waals surface area contributed by atoms with Gasteiger partial charge < -0.3 is 11.4 Å². The van der Waals surface area contributed by atoms with Crippen molar-refractivity contribution in [1.82, 2.24) is 4.98 Å². The SMILES string of the molecule is C.CC.CCC.C[CH-]C.[Y].[c-]1cccnc1. The standard InChI is InChI=1S/C5H4N.C3H8.C3H7.C2H6.CH4.Y/c1-2-4-6-5-3-1;2*1-3-2;1-2;;/h1-2,4-5H;3H2,1-2H3;3H,1-2H3;1-2H3;1H4;/q-1;;-1;;;. The van der Waals surface area contributed by atoms with Crippen molar-refractivity contribution in [2.24, 2.45) is 0 Å². The van der Waals surface area contributed by atoms with Gasteiger partial charge in [0, 0.05) is 32.7 Å². The zero-order valence-electron chi connectivity index (χ0n) is 11.1. The molecule has 1 aromatic heterocycles. The second kappa shape index (κ2) is 45.5. The van der Waals surface area contributed by atoms with Crippen LogP contribution in [0.3, 0.4) is 0 Å². The number of pyridine rings is 1. The number of aromatic nitrogens is 1. The molecule has 0 amide bonds. The topological polar surface area (TPSA) is 12.9 Å². The molecule has 2 heteroatoms. The van der Waals surface area contributed by atoms with Crippen molar-refractivity contribution in [3.05, 3.63) is 37.0 Å². The average molecular weight is 300 g/mol. The normalized spacial score (nSPS) is 5.62. The summed E-state index contributed by atoms with van der Waals surface area (Å²) < 4.78 is 0. The zero-order chi connectivity index (χ0) is 11.7. The summed E-state index contributed by atoms with van der Waals surface area (Å²) in [5.41, 5.74) is 0. The molecule has 1 nitrogen and oxygen atoms in total. The van der Waals surface area contributed by atoms with Gasteiger partial charge in [0.2, 0.25) is 0 Å². The van der Waals surface area contributed by atoms with Crippen molar-refractivity contribution in [2.75, 3.05) is 0 Å². The summed E-state index contributed by atoms with van der Waals surface area (Å²) in [6.07, 6.45) is 6.59. The first kappa shape index (κ1) is 29.9. The van der Waals surface area contributed by atoms with E-state index in [9.17, 15) is 0 Å². The fraction of sp³-hybridized carbons (Fsp3) is 0.571. The Kier molecular flexibility index (Phi) is 84.9. The Balaban J connectivity index is -0.0000000359. The van der Waals surface area contributed by atoms with Crippen LogP contribution in [0.15, 0.2) is 24.5 Å². The molecule has 0 fully saturated rings. The van der Waals surface area contributed by atoms with Gasteiger partial charge in [0.25, 0.3) is 0 Å². The molecule has 1 rings (SSSR count). The van der Waals surface area contributed by atoms with Gasteiger partial charge in [0.1, 0.15) is 0 Å². The summed E-state index contributed by atoms with van der Waals surface area (Å²) in [6, 6.07) is 6.43. The minimum atomic E-state index is 0. The van der Waals surface area contributed by atoms with Crippen LogP contribution in [0.25, 0.3) is 0 Å². The van der Waals surface area contributed by atoms with E-state index in [1.54, 1.807) is 12.4 Å². The van der Waals surface area contributed by atoms with Crippen LogP contribution in [-0.2, 0) is 32.7 Å². The molecule has 0 aromatic carbocycles. The van der Waals surface area contributed by atoms with Crippen molar-refractivity contribution in [2.45, 2.75) is 55.4 Å². The molecule has 0 aliphatic carbocycles. The fourth-order valence-electron chi connectivity index (χ4n) is 0.277. The maximum Gasteiger partial charge on any atom is 0 e. The van der Waals surface area contributed by atoms with E-state index in [1.165, 1.54) is 6.42 Å². The second-order valence-corrected chi connectivity index (χ2v) is 2.24. The van der Waals surface area contributed by atoms with Crippen LogP contribution in [0.2, 0.25) is 0 Å². The molecule has 95 valence electrons. The summed E-state index contributed by atoms with van der Waals surface area (Å²) in [5, 5.41) is 0. The molecule has 0 saturated carbocycles. The van der Waals surface area contributed by atoms with Gasteiger partial charge in [-0.25, -0.2) is 12.1 Å². The van der Waals surface area contributed by atoms with Gasteiger partial charge in [0.15, 0.2) is 0 Å². The van der Waals surface area contributed by atoms with E-state index in [1.807, 2.05) is 46.2 Å². The van der Waals surface area contributed by atoms with Crippen LogP contribution in [0.4, 0.5) is 0 Å². The van der Waals surface area contributed by atoms with Crippen LogP contribution in [-0.4, -0.2) is 4.98 Å². The quantitative estimate of drug-likeness (QED) is 0.601. The van der Waals surface area contributed by atoms with Crippen molar-refractivity contribution < 1.29 is 32.7 Å². The molecule has 0 aliphatic heterocycles. The van der Waals surface area contributed by atoms with E-state index in [4.69, 9.17) is 0 Å². The van der Waals surface area contributed by atoms with Crippen molar-refractivity contribution in [3.8, 4) is 0 Å². The maximum absolute atomic E-state index is 3.73. The van der Waals surface area contributed by atoms with Gasteiger partial charge in [-0.1, -0.05) is 53.9 Å².